The van der Waals surface area contributed by atoms with Crippen LogP contribution in [0.4, 0.5) is 13.2 Å². The molecule has 0 aromatic heterocycles. The van der Waals surface area contributed by atoms with Gasteiger partial charge in [0.25, 0.3) is 0 Å². The molecule has 2 rings (SSSR count). The van der Waals surface area contributed by atoms with Gasteiger partial charge in [0, 0.05) is 14.3 Å². The molecule has 0 N–H and O–H groups in total. The molecule has 0 fully saturated rings. The normalized spacial score (nSPS) is 13.2. The Morgan fingerprint density at radius 3 is 2.38 bits per heavy atom. The first kappa shape index (κ1) is 16.8. The topological polar surface area (TPSA) is 0 Å². The summed E-state index contributed by atoms with van der Waals surface area (Å²) in [5.41, 5.74) is 0.770. The summed E-state index contributed by atoms with van der Waals surface area (Å²) >= 11 is 12.5. The summed E-state index contributed by atoms with van der Waals surface area (Å²) in [7, 11) is 0. The first-order chi connectivity index (χ1) is 9.79. The van der Waals surface area contributed by atoms with Crippen molar-refractivity contribution in [3.63, 3.8) is 0 Å². The summed E-state index contributed by atoms with van der Waals surface area (Å²) in [5, 5.41) is 0.607. The van der Waals surface area contributed by atoms with Gasteiger partial charge in [-0.05, 0) is 35.7 Å². The minimum Gasteiger partial charge on any atom is -0.166 e. The molecule has 2 aromatic carbocycles. The monoisotopic (exact) mass is 440 g/mol. The van der Waals surface area contributed by atoms with Crippen molar-refractivity contribution < 1.29 is 13.2 Å². The van der Waals surface area contributed by atoms with E-state index in [4.69, 9.17) is 11.6 Å². The zero-order chi connectivity index (χ0) is 15.6. The summed E-state index contributed by atoms with van der Waals surface area (Å²) in [6.07, 6.45) is -3.87. The van der Waals surface area contributed by atoms with Gasteiger partial charge in [-0.3, -0.25) is 0 Å². The fourth-order valence-electron chi connectivity index (χ4n) is 1.93. The molecule has 1 unspecified atom stereocenters. The molecule has 0 aliphatic carbocycles. The highest BCUT2D eigenvalue weighted by molar-refractivity contribution is 9.10. The number of rotatable bonds is 3. The van der Waals surface area contributed by atoms with E-state index in [-0.39, 0.29) is 9.30 Å². The van der Waals surface area contributed by atoms with Gasteiger partial charge < -0.3 is 0 Å². The standard InChI is InChI=1S/C15H10Br2ClF3/c16-12-6-5-9(7-11(12)15(19,20)21)13(17)8-10-3-1-2-4-14(10)18/h1-7,13H,8H2. The van der Waals surface area contributed by atoms with Crippen LogP contribution in [0.2, 0.25) is 5.02 Å². The summed E-state index contributed by atoms with van der Waals surface area (Å²) in [6.45, 7) is 0. The zero-order valence-electron chi connectivity index (χ0n) is 10.6. The van der Waals surface area contributed by atoms with Crippen molar-refractivity contribution in [2.24, 2.45) is 0 Å². The minimum atomic E-state index is -4.38. The van der Waals surface area contributed by atoms with Crippen molar-refractivity contribution in [3.05, 3.63) is 68.7 Å². The Labute approximate surface area is 142 Å². The molecule has 21 heavy (non-hydrogen) atoms. The van der Waals surface area contributed by atoms with E-state index in [0.29, 0.717) is 17.0 Å². The molecule has 1 atom stereocenters. The largest absolute Gasteiger partial charge is 0.417 e. The maximum absolute atomic E-state index is 12.9. The van der Waals surface area contributed by atoms with Crippen LogP contribution in [0.3, 0.4) is 0 Å². The quantitative estimate of drug-likeness (QED) is 0.459. The van der Waals surface area contributed by atoms with Crippen LogP contribution >= 0.6 is 43.5 Å². The molecule has 0 saturated heterocycles. The van der Waals surface area contributed by atoms with Gasteiger partial charge in [-0.2, -0.15) is 13.2 Å². The van der Waals surface area contributed by atoms with Gasteiger partial charge in [-0.15, -0.1) is 0 Å². The fourth-order valence-corrected chi connectivity index (χ4v) is 3.25. The Hall–Kier alpha value is -0.520. The lowest BCUT2D eigenvalue weighted by Gasteiger charge is -2.15. The van der Waals surface area contributed by atoms with Crippen LogP contribution in [0, 0.1) is 0 Å². The van der Waals surface area contributed by atoms with E-state index in [1.807, 2.05) is 18.2 Å². The Kier molecular flexibility index (Phi) is 5.38. The third kappa shape index (κ3) is 4.24. The number of hydrogen-bond donors (Lipinski definition) is 0. The van der Waals surface area contributed by atoms with Crippen LogP contribution in [-0.2, 0) is 12.6 Å². The highest BCUT2D eigenvalue weighted by Gasteiger charge is 2.33. The first-order valence-corrected chi connectivity index (χ1v) is 8.12. The average Bonchev–Trinajstić information content (AvgIpc) is 2.40. The molecule has 0 nitrogen and oxygen atoms in total. The van der Waals surface area contributed by atoms with E-state index in [1.165, 1.54) is 6.07 Å². The summed E-state index contributed by atoms with van der Waals surface area (Å²) in [6, 6.07) is 11.5. The Bertz CT molecular complexity index is 641. The van der Waals surface area contributed by atoms with Crippen molar-refractivity contribution in [1.29, 1.82) is 0 Å². The van der Waals surface area contributed by atoms with E-state index in [9.17, 15) is 13.2 Å². The van der Waals surface area contributed by atoms with Gasteiger partial charge in [-0.25, -0.2) is 0 Å². The summed E-state index contributed by atoms with van der Waals surface area (Å²) in [4.78, 5) is -0.244. The van der Waals surface area contributed by atoms with E-state index in [2.05, 4.69) is 31.9 Å². The van der Waals surface area contributed by atoms with E-state index >= 15 is 0 Å². The predicted octanol–water partition coefficient (Wildman–Crippen LogP) is 6.80. The molecular formula is C15H10Br2ClF3. The number of hydrogen-bond acceptors (Lipinski definition) is 0. The van der Waals surface area contributed by atoms with Gasteiger partial charge in [-0.1, -0.05) is 67.7 Å². The molecule has 0 spiro atoms. The number of benzene rings is 2. The van der Waals surface area contributed by atoms with Gasteiger partial charge >= 0.3 is 6.18 Å². The van der Waals surface area contributed by atoms with E-state index in [0.717, 1.165) is 11.6 Å². The van der Waals surface area contributed by atoms with Gasteiger partial charge in [0.1, 0.15) is 0 Å². The second-order valence-electron chi connectivity index (χ2n) is 4.50. The van der Waals surface area contributed by atoms with Gasteiger partial charge in [0.05, 0.1) is 5.56 Å². The van der Waals surface area contributed by atoms with Crippen molar-refractivity contribution in [1.82, 2.24) is 0 Å². The molecule has 2 aromatic rings. The van der Waals surface area contributed by atoms with E-state index in [1.54, 1.807) is 12.1 Å². The van der Waals surface area contributed by atoms with Gasteiger partial charge in [0.15, 0.2) is 0 Å². The third-order valence-electron chi connectivity index (χ3n) is 3.01. The second kappa shape index (κ2) is 6.71. The Morgan fingerprint density at radius 1 is 1.10 bits per heavy atom. The first-order valence-electron chi connectivity index (χ1n) is 6.03. The molecular weight excluding hydrogens is 432 g/mol. The molecule has 0 aliphatic heterocycles. The second-order valence-corrected chi connectivity index (χ2v) is 6.87. The van der Waals surface area contributed by atoms with Crippen LogP contribution in [0.1, 0.15) is 21.5 Å². The van der Waals surface area contributed by atoms with Crippen LogP contribution in [0.15, 0.2) is 46.9 Å². The molecule has 0 amide bonds. The maximum atomic E-state index is 12.9. The summed E-state index contributed by atoms with van der Waals surface area (Å²) in [5.74, 6) is 0. The van der Waals surface area contributed by atoms with Crippen LogP contribution < -0.4 is 0 Å². The molecule has 0 heterocycles. The fraction of sp³-hybridized carbons (Fsp3) is 0.200. The SMILES string of the molecule is FC(F)(F)c1cc(C(Br)Cc2ccccc2Cl)ccc1Br. The van der Waals surface area contributed by atoms with Crippen LogP contribution in [-0.4, -0.2) is 0 Å². The number of alkyl halides is 4. The van der Waals surface area contributed by atoms with Crippen molar-refractivity contribution >= 4 is 43.5 Å². The van der Waals surface area contributed by atoms with Crippen molar-refractivity contribution in [2.45, 2.75) is 17.4 Å². The predicted molar refractivity (Wildman–Crippen MR) is 86.0 cm³/mol. The molecule has 112 valence electrons. The van der Waals surface area contributed by atoms with Crippen molar-refractivity contribution in [3.8, 4) is 0 Å². The highest BCUT2D eigenvalue weighted by Crippen LogP contribution is 2.38. The Balaban J connectivity index is 2.28. The minimum absolute atomic E-state index is 0.0381. The maximum Gasteiger partial charge on any atom is 0.417 e. The van der Waals surface area contributed by atoms with E-state index < -0.39 is 11.7 Å². The van der Waals surface area contributed by atoms with Crippen LogP contribution in [0.25, 0.3) is 0 Å². The highest BCUT2D eigenvalue weighted by atomic mass is 79.9. The molecule has 0 saturated carbocycles. The average molecular weight is 443 g/mol. The summed E-state index contributed by atoms with van der Waals surface area (Å²) < 4.78 is 38.8. The molecule has 0 radical (unpaired) electrons. The van der Waals surface area contributed by atoms with Crippen LogP contribution in [0.5, 0.6) is 0 Å². The Morgan fingerprint density at radius 2 is 1.76 bits per heavy atom. The van der Waals surface area contributed by atoms with Gasteiger partial charge in [0.2, 0.25) is 0 Å². The van der Waals surface area contributed by atoms with Crippen molar-refractivity contribution in [2.75, 3.05) is 0 Å². The third-order valence-corrected chi connectivity index (χ3v) is 4.93. The lowest BCUT2D eigenvalue weighted by molar-refractivity contribution is -0.138. The molecule has 0 bridgehead atoms. The number of halogens is 6. The smallest absolute Gasteiger partial charge is 0.166 e. The lowest BCUT2D eigenvalue weighted by Crippen LogP contribution is -2.07. The lowest BCUT2D eigenvalue weighted by atomic mass is 10.0. The molecule has 6 heteroatoms. The molecule has 0 aliphatic rings. The zero-order valence-corrected chi connectivity index (χ0v) is 14.5.